The fourth-order valence-corrected chi connectivity index (χ4v) is 1.64. The summed E-state index contributed by atoms with van der Waals surface area (Å²) in [6.07, 6.45) is 6.80. The van der Waals surface area contributed by atoms with Gasteiger partial charge in [0.2, 0.25) is 0 Å². The van der Waals surface area contributed by atoms with Crippen LogP contribution < -0.4 is 15.4 Å². The lowest BCUT2D eigenvalue weighted by Crippen LogP contribution is -2.21. The van der Waals surface area contributed by atoms with Gasteiger partial charge in [-0.2, -0.15) is 0 Å². The maximum atomic E-state index is 11.4. The summed E-state index contributed by atoms with van der Waals surface area (Å²) in [4.78, 5) is 11.4. The lowest BCUT2D eigenvalue weighted by molar-refractivity contribution is -0.115. The Balaban J connectivity index is 2.11. The third-order valence-corrected chi connectivity index (χ3v) is 2.44. The van der Waals surface area contributed by atoms with Crippen molar-refractivity contribution in [3.8, 4) is 18.1 Å². The van der Waals surface area contributed by atoms with Crippen molar-refractivity contribution in [3.63, 3.8) is 0 Å². The molecule has 2 rings (SSSR count). The normalized spacial score (nSPS) is 16.1. The van der Waals surface area contributed by atoms with Crippen molar-refractivity contribution in [1.82, 2.24) is 10.6 Å². The van der Waals surface area contributed by atoms with E-state index >= 15 is 0 Å². The van der Waals surface area contributed by atoms with E-state index in [9.17, 15) is 4.79 Å². The first-order valence-corrected chi connectivity index (χ1v) is 5.60. The van der Waals surface area contributed by atoms with Gasteiger partial charge in [0, 0.05) is 0 Å². The molecule has 1 amide bonds. The first-order valence-electron chi connectivity index (χ1n) is 5.19. The Morgan fingerprint density at radius 2 is 2.06 bits per heavy atom. The minimum Gasteiger partial charge on any atom is -0.481 e. The van der Waals surface area contributed by atoms with Crippen LogP contribution in [0.2, 0.25) is 0 Å². The van der Waals surface area contributed by atoms with E-state index in [1.807, 2.05) is 12.1 Å². The molecule has 1 heterocycles. The second kappa shape index (κ2) is 5.34. The van der Waals surface area contributed by atoms with Gasteiger partial charge in [0.25, 0.3) is 5.91 Å². The summed E-state index contributed by atoms with van der Waals surface area (Å²) in [6, 6.07) is 7.23. The molecule has 18 heavy (non-hydrogen) atoms. The molecule has 0 spiro atoms. The summed E-state index contributed by atoms with van der Waals surface area (Å²) in [6.45, 7) is 0.235. The topological polar surface area (TPSA) is 50.4 Å². The number of thiocarbonyl (C=S) groups is 1. The predicted octanol–water partition coefficient (Wildman–Crippen LogP) is 1.04. The van der Waals surface area contributed by atoms with Crippen molar-refractivity contribution in [2.75, 3.05) is 6.61 Å². The Hall–Kier alpha value is -2.32. The Labute approximate surface area is 110 Å². The van der Waals surface area contributed by atoms with Gasteiger partial charge in [-0.15, -0.1) is 6.42 Å². The highest BCUT2D eigenvalue weighted by Gasteiger charge is 2.19. The molecule has 0 atom stereocenters. The van der Waals surface area contributed by atoms with Crippen LogP contribution in [0.5, 0.6) is 5.75 Å². The number of terminal acetylenes is 1. The first-order chi connectivity index (χ1) is 8.69. The highest BCUT2D eigenvalue weighted by atomic mass is 32.1. The third-order valence-electron chi connectivity index (χ3n) is 2.23. The van der Waals surface area contributed by atoms with Crippen molar-refractivity contribution >= 4 is 29.3 Å². The summed E-state index contributed by atoms with van der Waals surface area (Å²) < 4.78 is 5.25. The fourth-order valence-electron chi connectivity index (χ4n) is 1.43. The Kier molecular flexibility index (Phi) is 3.60. The summed E-state index contributed by atoms with van der Waals surface area (Å²) in [7, 11) is 0. The molecule has 0 radical (unpaired) electrons. The van der Waals surface area contributed by atoms with Crippen molar-refractivity contribution in [2.45, 2.75) is 0 Å². The van der Waals surface area contributed by atoms with Gasteiger partial charge >= 0.3 is 0 Å². The predicted molar refractivity (Wildman–Crippen MR) is 72.6 cm³/mol. The van der Waals surface area contributed by atoms with E-state index in [1.165, 1.54) is 0 Å². The number of hydrogen-bond donors (Lipinski definition) is 2. The molecule has 1 fully saturated rings. The maximum absolute atomic E-state index is 11.4. The van der Waals surface area contributed by atoms with Gasteiger partial charge in [-0.25, -0.2) is 0 Å². The van der Waals surface area contributed by atoms with E-state index in [0.29, 0.717) is 16.6 Å². The molecule has 1 aromatic rings. The number of rotatable bonds is 3. The van der Waals surface area contributed by atoms with E-state index in [0.717, 1.165) is 5.56 Å². The van der Waals surface area contributed by atoms with Gasteiger partial charge in [-0.05, 0) is 36.0 Å². The number of nitrogens with one attached hydrogen (secondary N) is 2. The number of carbonyl (C=O) groups excluding carboxylic acids is 1. The lowest BCUT2D eigenvalue weighted by Gasteiger charge is -2.02. The van der Waals surface area contributed by atoms with Crippen LogP contribution in [0.25, 0.3) is 6.08 Å². The molecule has 0 unspecified atom stereocenters. The van der Waals surface area contributed by atoms with Gasteiger partial charge in [-0.1, -0.05) is 18.1 Å². The molecule has 1 aromatic carbocycles. The first kappa shape index (κ1) is 12.1. The Morgan fingerprint density at radius 3 is 2.61 bits per heavy atom. The van der Waals surface area contributed by atoms with Crippen LogP contribution >= 0.6 is 12.2 Å². The van der Waals surface area contributed by atoms with Crippen LogP contribution in [0.4, 0.5) is 0 Å². The van der Waals surface area contributed by atoms with Gasteiger partial charge < -0.3 is 10.1 Å². The molecule has 1 aliphatic rings. The average molecular weight is 258 g/mol. The number of benzene rings is 1. The van der Waals surface area contributed by atoms with Gasteiger partial charge in [0.15, 0.2) is 5.11 Å². The van der Waals surface area contributed by atoms with E-state index in [1.54, 1.807) is 18.2 Å². The van der Waals surface area contributed by atoms with Crippen LogP contribution in [0.3, 0.4) is 0 Å². The van der Waals surface area contributed by atoms with Crippen LogP contribution in [0.15, 0.2) is 30.0 Å². The van der Waals surface area contributed by atoms with Crippen LogP contribution in [-0.2, 0) is 4.79 Å². The molecule has 2 N–H and O–H groups in total. The third kappa shape index (κ3) is 2.87. The minimum atomic E-state index is -0.229. The molecule has 1 aliphatic heterocycles. The molecule has 4 nitrogen and oxygen atoms in total. The standard InChI is InChI=1S/C13H10N2O2S/c1-2-7-17-10-5-3-9(4-6-10)8-11-12(16)15-13(18)14-11/h1,3-6,8H,7H2,(H2,14,15,16,18). The van der Waals surface area contributed by atoms with E-state index in [-0.39, 0.29) is 12.5 Å². The number of ether oxygens (including phenoxy) is 1. The fraction of sp³-hybridized carbons (Fsp3) is 0.0769. The lowest BCUT2D eigenvalue weighted by atomic mass is 10.2. The molecule has 0 saturated carbocycles. The largest absolute Gasteiger partial charge is 0.481 e. The monoisotopic (exact) mass is 258 g/mol. The molecular weight excluding hydrogens is 248 g/mol. The van der Waals surface area contributed by atoms with Crippen LogP contribution in [0.1, 0.15) is 5.56 Å². The van der Waals surface area contributed by atoms with E-state index in [4.69, 9.17) is 23.4 Å². The summed E-state index contributed by atoms with van der Waals surface area (Å²) in [5.74, 6) is 2.85. The molecule has 0 aromatic heterocycles. The molecular formula is C13H10N2O2S. The Morgan fingerprint density at radius 1 is 1.33 bits per heavy atom. The van der Waals surface area contributed by atoms with Crippen molar-refractivity contribution in [2.24, 2.45) is 0 Å². The molecule has 1 saturated heterocycles. The maximum Gasteiger partial charge on any atom is 0.273 e. The average Bonchev–Trinajstić information content (AvgIpc) is 2.67. The zero-order valence-corrected chi connectivity index (χ0v) is 10.2. The second-order valence-electron chi connectivity index (χ2n) is 3.53. The van der Waals surface area contributed by atoms with Gasteiger partial charge in [0.1, 0.15) is 18.1 Å². The van der Waals surface area contributed by atoms with Crippen LogP contribution in [-0.4, -0.2) is 17.6 Å². The van der Waals surface area contributed by atoms with Crippen molar-refractivity contribution in [1.29, 1.82) is 0 Å². The van der Waals surface area contributed by atoms with Crippen molar-refractivity contribution < 1.29 is 9.53 Å². The zero-order chi connectivity index (χ0) is 13.0. The highest BCUT2D eigenvalue weighted by molar-refractivity contribution is 7.80. The number of hydrogen-bond acceptors (Lipinski definition) is 3. The smallest absolute Gasteiger partial charge is 0.273 e. The molecule has 5 heteroatoms. The highest BCUT2D eigenvalue weighted by Crippen LogP contribution is 2.14. The zero-order valence-electron chi connectivity index (χ0n) is 9.40. The van der Waals surface area contributed by atoms with E-state index < -0.39 is 0 Å². The Bertz CT molecular complexity index is 555. The van der Waals surface area contributed by atoms with Gasteiger partial charge in [0.05, 0.1) is 0 Å². The minimum absolute atomic E-state index is 0.229. The van der Waals surface area contributed by atoms with Gasteiger partial charge in [-0.3, -0.25) is 10.1 Å². The second-order valence-corrected chi connectivity index (χ2v) is 3.94. The number of carbonyl (C=O) groups is 1. The van der Waals surface area contributed by atoms with E-state index in [2.05, 4.69) is 16.6 Å². The quantitative estimate of drug-likeness (QED) is 0.483. The SMILES string of the molecule is C#CCOc1ccc(C=C2NC(=S)NC2=O)cc1. The molecule has 0 aliphatic carbocycles. The molecule has 90 valence electrons. The van der Waals surface area contributed by atoms with Crippen LogP contribution in [0, 0.1) is 12.3 Å². The summed E-state index contributed by atoms with van der Waals surface area (Å²) in [5.41, 5.74) is 1.29. The molecule has 0 bridgehead atoms. The summed E-state index contributed by atoms with van der Waals surface area (Å²) in [5, 5.41) is 5.59. The summed E-state index contributed by atoms with van der Waals surface area (Å²) >= 11 is 4.84. The number of amides is 1. The van der Waals surface area contributed by atoms with Crippen molar-refractivity contribution in [3.05, 3.63) is 35.5 Å².